The molecule has 0 nitrogen and oxygen atoms in total. The maximum Gasteiger partial charge on any atom is 0 e. The van der Waals surface area contributed by atoms with E-state index in [1.54, 1.807) is 0 Å². The van der Waals surface area contributed by atoms with Crippen molar-refractivity contribution >= 4 is 16.8 Å². The summed E-state index contributed by atoms with van der Waals surface area (Å²) in [6, 6.07) is 13.0. The van der Waals surface area contributed by atoms with Gasteiger partial charge in [0.05, 0.1) is 0 Å². The van der Waals surface area contributed by atoms with Gasteiger partial charge in [-0.25, -0.2) is 0 Å². The summed E-state index contributed by atoms with van der Waals surface area (Å²) >= 11 is 0. The number of hydrogen-bond acceptors (Lipinski definition) is 0. The maximum atomic E-state index is 2.23. The van der Waals surface area contributed by atoms with Crippen molar-refractivity contribution in [1.29, 1.82) is 0 Å². The van der Waals surface area contributed by atoms with E-state index >= 15 is 0 Å². The van der Waals surface area contributed by atoms with E-state index in [2.05, 4.69) is 48.6 Å². The quantitative estimate of drug-likeness (QED) is 0.627. The Morgan fingerprint density at radius 1 is 0.929 bits per heavy atom. The first-order valence-corrected chi connectivity index (χ1v) is 4.62. The van der Waals surface area contributed by atoms with E-state index in [1.165, 1.54) is 21.9 Å². The Labute approximate surface area is 104 Å². The Kier molecular flexibility index (Phi) is 2.73. The number of hydrogen-bond donors (Lipinski definition) is 0. The SMILES string of the molecule is C1=Cc2cccc3cccc(c23)C1.[Hg]. The van der Waals surface area contributed by atoms with E-state index in [-0.39, 0.29) is 27.7 Å². The van der Waals surface area contributed by atoms with Gasteiger partial charge in [-0.3, -0.25) is 0 Å². The average molecular weight is 367 g/mol. The van der Waals surface area contributed by atoms with Crippen LogP contribution in [0.4, 0.5) is 0 Å². The molecule has 2 aromatic rings. The Morgan fingerprint density at radius 3 is 2.57 bits per heavy atom. The molecular formula is C13H10Hg. The Hall–Kier alpha value is -0.625. The van der Waals surface area contributed by atoms with Crippen LogP contribution in [0.15, 0.2) is 42.5 Å². The predicted octanol–water partition coefficient (Wildman–Crippen LogP) is 3.41. The molecule has 0 atom stereocenters. The molecule has 0 N–H and O–H groups in total. The smallest absolute Gasteiger partial charge is 0 e. The Bertz CT molecular complexity index is 492. The summed E-state index contributed by atoms with van der Waals surface area (Å²) in [6.07, 6.45) is 5.53. The first-order valence-electron chi connectivity index (χ1n) is 4.62. The average Bonchev–Trinajstić information content (AvgIpc) is 2.19. The standard InChI is InChI=1S/C13H10.Hg/c1-4-10-6-2-8-12-9-3-7-11(5-1)13(10)12;/h1-8H,9H2;. The monoisotopic (exact) mass is 368 g/mol. The van der Waals surface area contributed by atoms with Crippen molar-refractivity contribution in [2.24, 2.45) is 0 Å². The predicted molar refractivity (Wildman–Crippen MR) is 56.7 cm³/mol. The molecule has 0 radical (unpaired) electrons. The zero-order valence-corrected chi connectivity index (χ0v) is 13.5. The van der Waals surface area contributed by atoms with Gasteiger partial charge in [0.2, 0.25) is 0 Å². The first-order chi connectivity index (χ1) is 6.45. The van der Waals surface area contributed by atoms with Crippen LogP contribution in [-0.4, -0.2) is 0 Å². The summed E-state index contributed by atoms with van der Waals surface area (Å²) in [7, 11) is 0. The number of allylic oxidation sites excluding steroid dienone is 1. The van der Waals surface area contributed by atoms with Crippen molar-refractivity contribution in [2.75, 3.05) is 0 Å². The van der Waals surface area contributed by atoms with Gasteiger partial charge < -0.3 is 0 Å². The van der Waals surface area contributed by atoms with Crippen LogP contribution in [0.3, 0.4) is 0 Å². The van der Waals surface area contributed by atoms with Crippen LogP contribution in [0.5, 0.6) is 0 Å². The fraction of sp³-hybridized carbons (Fsp3) is 0.0769. The normalized spacial score (nSPS) is 12.6. The van der Waals surface area contributed by atoms with E-state index in [4.69, 9.17) is 0 Å². The van der Waals surface area contributed by atoms with Gasteiger partial charge in [-0.05, 0) is 28.3 Å². The van der Waals surface area contributed by atoms with Gasteiger partial charge in [0.15, 0.2) is 0 Å². The fourth-order valence-electron chi connectivity index (χ4n) is 2.07. The molecule has 0 amide bonds. The van der Waals surface area contributed by atoms with Gasteiger partial charge in [-0.15, -0.1) is 0 Å². The minimum Gasteiger partial charge on any atom is -0.0795 e. The van der Waals surface area contributed by atoms with Crippen LogP contribution >= 0.6 is 0 Å². The molecule has 0 unspecified atom stereocenters. The van der Waals surface area contributed by atoms with Crippen LogP contribution in [0.1, 0.15) is 11.1 Å². The molecule has 0 bridgehead atoms. The zero-order valence-electron chi connectivity index (χ0n) is 8.03. The minimum absolute atomic E-state index is 0. The van der Waals surface area contributed by atoms with Gasteiger partial charge in [0.25, 0.3) is 0 Å². The van der Waals surface area contributed by atoms with Crippen molar-refractivity contribution in [1.82, 2.24) is 0 Å². The molecule has 2 aromatic carbocycles. The maximum absolute atomic E-state index is 2.23. The van der Waals surface area contributed by atoms with Crippen molar-refractivity contribution in [3.63, 3.8) is 0 Å². The molecule has 0 saturated carbocycles. The zero-order chi connectivity index (χ0) is 8.67. The summed E-state index contributed by atoms with van der Waals surface area (Å²) in [5.41, 5.74) is 2.81. The molecule has 14 heavy (non-hydrogen) atoms. The van der Waals surface area contributed by atoms with Gasteiger partial charge in [0, 0.05) is 27.7 Å². The van der Waals surface area contributed by atoms with Crippen molar-refractivity contribution in [3.05, 3.63) is 53.6 Å². The first kappa shape index (κ1) is 9.91. The summed E-state index contributed by atoms with van der Waals surface area (Å²) in [4.78, 5) is 0. The van der Waals surface area contributed by atoms with Gasteiger partial charge in [0.1, 0.15) is 0 Å². The van der Waals surface area contributed by atoms with Crippen LogP contribution in [0.25, 0.3) is 16.8 Å². The van der Waals surface area contributed by atoms with Gasteiger partial charge in [-0.1, -0.05) is 48.6 Å². The third kappa shape index (κ3) is 1.42. The van der Waals surface area contributed by atoms with E-state index in [0.717, 1.165) is 6.42 Å². The molecule has 3 rings (SSSR count). The molecule has 1 aliphatic rings. The number of benzene rings is 2. The molecule has 1 heteroatoms. The summed E-state index contributed by atoms with van der Waals surface area (Å²) in [5, 5.41) is 2.80. The molecule has 0 heterocycles. The second kappa shape index (κ2) is 3.86. The molecular weight excluding hydrogens is 357 g/mol. The van der Waals surface area contributed by atoms with Crippen LogP contribution < -0.4 is 0 Å². The molecule has 1 aliphatic carbocycles. The molecule has 0 fully saturated rings. The third-order valence-electron chi connectivity index (χ3n) is 2.66. The van der Waals surface area contributed by atoms with E-state index in [1.807, 2.05) is 0 Å². The topological polar surface area (TPSA) is 0 Å². The molecule has 0 spiro atoms. The van der Waals surface area contributed by atoms with Crippen molar-refractivity contribution in [3.8, 4) is 0 Å². The summed E-state index contributed by atoms with van der Waals surface area (Å²) in [6.45, 7) is 0. The summed E-state index contributed by atoms with van der Waals surface area (Å²) < 4.78 is 0. The van der Waals surface area contributed by atoms with Gasteiger partial charge >= 0.3 is 0 Å². The number of rotatable bonds is 0. The molecule has 0 saturated heterocycles. The van der Waals surface area contributed by atoms with Crippen molar-refractivity contribution < 1.29 is 27.7 Å². The Balaban J connectivity index is 0.000000750. The van der Waals surface area contributed by atoms with Crippen LogP contribution in [0, 0.1) is 0 Å². The molecule has 0 aliphatic heterocycles. The fourth-order valence-corrected chi connectivity index (χ4v) is 2.07. The van der Waals surface area contributed by atoms with E-state index < -0.39 is 0 Å². The minimum atomic E-state index is 0. The second-order valence-electron chi connectivity index (χ2n) is 3.47. The Morgan fingerprint density at radius 2 is 1.71 bits per heavy atom. The van der Waals surface area contributed by atoms with E-state index in [9.17, 15) is 0 Å². The summed E-state index contributed by atoms with van der Waals surface area (Å²) in [5.74, 6) is 0. The molecule has 64 valence electrons. The van der Waals surface area contributed by atoms with Crippen LogP contribution in [0.2, 0.25) is 0 Å². The third-order valence-corrected chi connectivity index (χ3v) is 2.66. The van der Waals surface area contributed by atoms with Crippen LogP contribution in [-0.2, 0) is 34.1 Å². The van der Waals surface area contributed by atoms with E-state index in [0.29, 0.717) is 0 Å². The largest absolute Gasteiger partial charge is 0.0795 e. The second-order valence-corrected chi connectivity index (χ2v) is 3.47. The van der Waals surface area contributed by atoms with Gasteiger partial charge in [-0.2, -0.15) is 0 Å². The van der Waals surface area contributed by atoms with Crippen molar-refractivity contribution in [2.45, 2.75) is 6.42 Å². The molecule has 0 aromatic heterocycles.